The number of rotatable bonds is 6. The number of hydrogen-bond acceptors (Lipinski definition) is 4. The molecule has 5 heteroatoms. The van der Waals surface area contributed by atoms with Gasteiger partial charge in [0, 0.05) is 19.0 Å². The van der Waals surface area contributed by atoms with Gasteiger partial charge in [-0.15, -0.1) is 0 Å². The molecule has 2 saturated heterocycles. The van der Waals surface area contributed by atoms with Crippen LogP contribution in [0.4, 0.5) is 0 Å². The maximum absolute atomic E-state index is 12.4. The van der Waals surface area contributed by atoms with Gasteiger partial charge in [0.1, 0.15) is 18.8 Å². The minimum Gasteiger partial charge on any atom is -0.468 e. The topological polar surface area (TPSA) is 49.4 Å². The normalized spacial score (nSPS) is 32.1. The highest BCUT2D eigenvalue weighted by Crippen LogP contribution is 2.29. The second kappa shape index (κ2) is 8.83. The summed E-state index contributed by atoms with van der Waals surface area (Å²) in [5, 5.41) is 2.43. The number of fused-ring (bicyclic) bond motifs is 1. The van der Waals surface area contributed by atoms with Crippen LogP contribution in [0.1, 0.15) is 65.2 Å². The van der Waals surface area contributed by atoms with Crippen LogP contribution in [0.2, 0.25) is 0 Å². The van der Waals surface area contributed by atoms with Crippen LogP contribution < -0.4 is 5.32 Å². The molecule has 3 atom stereocenters. The number of nitrogens with zero attached hydrogens (tertiary/aromatic N) is 2. The number of quaternary nitrogens is 1. The summed E-state index contributed by atoms with van der Waals surface area (Å²) in [6.45, 7) is 7.71. The number of carbonyl (C=O) groups excluding carboxylic acids is 1. The molecule has 0 aromatic heterocycles. The third kappa shape index (κ3) is 4.55. The molecule has 0 bridgehead atoms. The molecule has 0 aromatic carbocycles. The summed E-state index contributed by atoms with van der Waals surface area (Å²) in [6, 6.07) is 1.66. The lowest BCUT2D eigenvalue weighted by Crippen LogP contribution is -2.89. The van der Waals surface area contributed by atoms with Gasteiger partial charge < -0.3 is 10.1 Å². The van der Waals surface area contributed by atoms with E-state index in [2.05, 4.69) is 29.0 Å². The third-order valence-corrected chi connectivity index (χ3v) is 6.82. The van der Waals surface area contributed by atoms with Crippen LogP contribution in [-0.2, 0) is 9.53 Å². The summed E-state index contributed by atoms with van der Waals surface area (Å²) in [5.74, 6) is 0.891. The van der Waals surface area contributed by atoms with Gasteiger partial charge in [-0.05, 0) is 39.2 Å². The number of methoxy groups -OCH3 is 1. The van der Waals surface area contributed by atoms with Crippen molar-refractivity contribution in [2.24, 2.45) is 5.92 Å². The van der Waals surface area contributed by atoms with E-state index in [-0.39, 0.29) is 12.0 Å². The van der Waals surface area contributed by atoms with Gasteiger partial charge >= 0.3 is 5.97 Å². The maximum atomic E-state index is 12.4. The lowest BCUT2D eigenvalue weighted by atomic mass is 9.86. The Labute approximate surface area is 153 Å². The molecule has 2 aliphatic heterocycles. The fourth-order valence-electron chi connectivity index (χ4n) is 5.34. The summed E-state index contributed by atoms with van der Waals surface area (Å²) < 4.78 is 5.13. The maximum Gasteiger partial charge on any atom is 0.323 e. The summed E-state index contributed by atoms with van der Waals surface area (Å²) in [6.07, 6.45) is 10.6. The van der Waals surface area contributed by atoms with Crippen molar-refractivity contribution in [3.63, 3.8) is 0 Å². The van der Waals surface area contributed by atoms with Gasteiger partial charge in [-0.1, -0.05) is 32.1 Å². The van der Waals surface area contributed by atoms with Gasteiger partial charge in [0.05, 0.1) is 13.2 Å². The van der Waals surface area contributed by atoms with E-state index in [1.807, 2.05) is 0 Å². The molecule has 2 N–H and O–H groups in total. The standard InChI is InChI=1S/C20H37N3O2/c1-15(2)23-14-21-17-12-18(20(24)25-3)22(13-19(17)23)11-7-10-16-8-5-4-6-9-16/h15-19,21H,4-14H2,1-3H3/p+1. The molecule has 144 valence electrons. The van der Waals surface area contributed by atoms with Gasteiger partial charge in [0.25, 0.3) is 0 Å². The number of nitrogens with two attached hydrogens (primary N) is 1. The molecular weight excluding hydrogens is 314 g/mol. The number of carbonyl (C=O) groups is 1. The average Bonchev–Trinajstić information content (AvgIpc) is 3.04. The molecule has 0 spiro atoms. The van der Waals surface area contributed by atoms with E-state index in [1.54, 1.807) is 0 Å². The Morgan fingerprint density at radius 2 is 2.00 bits per heavy atom. The van der Waals surface area contributed by atoms with Crippen molar-refractivity contribution in [3.8, 4) is 0 Å². The van der Waals surface area contributed by atoms with Crippen molar-refractivity contribution in [1.29, 1.82) is 0 Å². The Hall–Kier alpha value is -0.650. The second-order valence-corrected chi connectivity index (χ2v) is 8.67. The Kier molecular flexibility index (Phi) is 6.75. The highest BCUT2D eigenvalue weighted by Gasteiger charge is 2.48. The monoisotopic (exact) mass is 352 g/mol. The molecule has 2 heterocycles. The molecule has 3 unspecified atom stereocenters. The van der Waals surface area contributed by atoms with Crippen molar-refractivity contribution in [3.05, 3.63) is 0 Å². The predicted octanol–water partition coefficient (Wildman–Crippen LogP) is 1.58. The van der Waals surface area contributed by atoms with Crippen LogP contribution in [0.25, 0.3) is 0 Å². The number of hydrogen-bond donors (Lipinski definition) is 1. The number of esters is 1. The highest BCUT2D eigenvalue weighted by atomic mass is 16.5. The molecule has 3 fully saturated rings. The van der Waals surface area contributed by atoms with Crippen LogP contribution in [0, 0.1) is 5.92 Å². The Morgan fingerprint density at radius 3 is 2.68 bits per heavy atom. The Bertz CT molecular complexity index is 437. The number of piperidine rings is 1. The van der Waals surface area contributed by atoms with Gasteiger partial charge in [-0.3, -0.25) is 9.69 Å². The van der Waals surface area contributed by atoms with Crippen molar-refractivity contribution in [2.45, 2.75) is 89.4 Å². The molecule has 0 radical (unpaired) electrons. The summed E-state index contributed by atoms with van der Waals surface area (Å²) in [7, 11) is 1.54. The second-order valence-electron chi connectivity index (χ2n) is 8.67. The molecular formula is C20H38N3O2+. The summed E-state index contributed by atoms with van der Waals surface area (Å²) in [5.41, 5.74) is 0. The molecule has 0 aromatic rings. The molecule has 0 amide bonds. The van der Waals surface area contributed by atoms with Crippen LogP contribution in [0.15, 0.2) is 0 Å². The fraction of sp³-hybridized carbons (Fsp3) is 0.950. The molecule has 3 rings (SSSR count). The SMILES string of the molecule is COC(=O)C1CC2[NH2+]CN(C(C)C)C2CN1CCCC1CCCCC1. The number of likely N-dealkylation sites (tertiary alicyclic amines) is 1. The average molecular weight is 353 g/mol. The quantitative estimate of drug-likeness (QED) is 0.738. The van der Waals surface area contributed by atoms with Gasteiger partial charge in [-0.25, -0.2) is 4.90 Å². The van der Waals surface area contributed by atoms with Crippen LogP contribution >= 0.6 is 0 Å². The van der Waals surface area contributed by atoms with Crippen molar-refractivity contribution >= 4 is 5.97 Å². The zero-order valence-corrected chi connectivity index (χ0v) is 16.5. The van der Waals surface area contributed by atoms with Crippen molar-refractivity contribution < 1.29 is 14.8 Å². The minimum absolute atomic E-state index is 0.0347. The van der Waals surface area contributed by atoms with E-state index in [0.29, 0.717) is 18.1 Å². The predicted molar refractivity (Wildman–Crippen MR) is 99.1 cm³/mol. The highest BCUT2D eigenvalue weighted by molar-refractivity contribution is 5.75. The Balaban J connectivity index is 1.58. The zero-order valence-electron chi connectivity index (χ0n) is 16.5. The first kappa shape index (κ1) is 19.1. The van der Waals surface area contributed by atoms with E-state index in [0.717, 1.165) is 32.1 Å². The van der Waals surface area contributed by atoms with Gasteiger partial charge in [0.15, 0.2) is 0 Å². The lowest BCUT2D eigenvalue weighted by molar-refractivity contribution is -0.678. The first-order chi connectivity index (χ1) is 12.1. The molecule has 3 aliphatic rings. The third-order valence-electron chi connectivity index (χ3n) is 6.82. The van der Waals surface area contributed by atoms with Crippen LogP contribution in [0.3, 0.4) is 0 Å². The van der Waals surface area contributed by atoms with Gasteiger partial charge in [0.2, 0.25) is 0 Å². The molecule has 1 aliphatic carbocycles. The largest absolute Gasteiger partial charge is 0.468 e. The van der Waals surface area contributed by atoms with Crippen molar-refractivity contribution in [2.75, 3.05) is 26.9 Å². The Morgan fingerprint density at radius 1 is 1.24 bits per heavy atom. The molecule has 1 saturated carbocycles. The van der Waals surface area contributed by atoms with E-state index in [9.17, 15) is 4.79 Å². The summed E-state index contributed by atoms with van der Waals surface area (Å²) >= 11 is 0. The van der Waals surface area contributed by atoms with Gasteiger partial charge in [-0.2, -0.15) is 0 Å². The molecule has 5 nitrogen and oxygen atoms in total. The molecule has 25 heavy (non-hydrogen) atoms. The van der Waals surface area contributed by atoms with E-state index < -0.39 is 0 Å². The first-order valence-electron chi connectivity index (χ1n) is 10.5. The van der Waals surface area contributed by atoms with E-state index in [4.69, 9.17) is 4.74 Å². The minimum atomic E-state index is -0.0408. The van der Waals surface area contributed by atoms with Crippen LogP contribution in [-0.4, -0.2) is 66.8 Å². The van der Waals surface area contributed by atoms with E-state index in [1.165, 1.54) is 52.1 Å². The first-order valence-corrected chi connectivity index (χ1v) is 10.5. The summed E-state index contributed by atoms with van der Waals surface area (Å²) in [4.78, 5) is 17.4. The van der Waals surface area contributed by atoms with E-state index >= 15 is 0 Å². The van der Waals surface area contributed by atoms with Crippen molar-refractivity contribution in [1.82, 2.24) is 9.80 Å². The van der Waals surface area contributed by atoms with Crippen LogP contribution in [0.5, 0.6) is 0 Å². The fourth-order valence-corrected chi connectivity index (χ4v) is 5.34. The smallest absolute Gasteiger partial charge is 0.323 e. The lowest BCUT2D eigenvalue weighted by Gasteiger charge is -2.41. The zero-order chi connectivity index (χ0) is 17.8. The number of ether oxygens (including phenoxy) is 1.